The van der Waals surface area contributed by atoms with Gasteiger partial charge in [-0.25, -0.2) is 8.78 Å². The zero-order valence-corrected chi connectivity index (χ0v) is 10.2. The topological polar surface area (TPSA) is 24.1 Å². The van der Waals surface area contributed by atoms with Crippen LogP contribution in [0.3, 0.4) is 0 Å². The van der Waals surface area contributed by atoms with E-state index in [0.29, 0.717) is 10.8 Å². The van der Waals surface area contributed by atoms with Gasteiger partial charge in [-0.1, -0.05) is 0 Å². The average molecular weight is 244 g/mol. The van der Waals surface area contributed by atoms with Crippen molar-refractivity contribution in [3.8, 4) is 0 Å². The second kappa shape index (κ2) is 4.74. The van der Waals surface area contributed by atoms with E-state index >= 15 is 0 Å². The van der Waals surface area contributed by atoms with Crippen molar-refractivity contribution in [2.45, 2.75) is 26.3 Å². The van der Waals surface area contributed by atoms with E-state index in [4.69, 9.17) is 12.2 Å². The summed E-state index contributed by atoms with van der Waals surface area (Å²) in [5.74, 6) is -1.28. The van der Waals surface area contributed by atoms with E-state index in [-0.39, 0.29) is 5.54 Å². The molecule has 0 radical (unpaired) electrons. The van der Waals surface area contributed by atoms with Crippen molar-refractivity contribution < 1.29 is 8.78 Å². The molecule has 88 valence electrons. The molecular formula is C11H14F2N2S. The van der Waals surface area contributed by atoms with E-state index in [0.717, 1.165) is 6.07 Å². The molecule has 0 bridgehead atoms. The highest BCUT2D eigenvalue weighted by molar-refractivity contribution is 7.80. The Labute approximate surface area is 99.0 Å². The Morgan fingerprint density at radius 3 is 2.06 bits per heavy atom. The van der Waals surface area contributed by atoms with Gasteiger partial charge in [0.05, 0.1) is 0 Å². The lowest BCUT2D eigenvalue weighted by Gasteiger charge is -2.23. The molecule has 0 unspecified atom stereocenters. The van der Waals surface area contributed by atoms with Gasteiger partial charge < -0.3 is 10.6 Å². The lowest BCUT2D eigenvalue weighted by molar-refractivity contribution is 0.515. The molecule has 0 aliphatic rings. The Balaban J connectivity index is 2.70. The van der Waals surface area contributed by atoms with Gasteiger partial charge in [0, 0.05) is 17.3 Å². The van der Waals surface area contributed by atoms with Crippen molar-refractivity contribution in [2.24, 2.45) is 0 Å². The second-order valence-corrected chi connectivity index (χ2v) is 4.90. The van der Waals surface area contributed by atoms with Crippen LogP contribution in [-0.2, 0) is 0 Å². The van der Waals surface area contributed by atoms with Crippen molar-refractivity contribution in [1.82, 2.24) is 5.32 Å². The Hall–Kier alpha value is -1.23. The summed E-state index contributed by atoms with van der Waals surface area (Å²) in [5, 5.41) is 6.03. The van der Waals surface area contributed by atoms with Gasteiger partial charge in [0.1, 0.15) is 11.6 Å². The summed E-state index contributed by atoms with van der Waals surface area (Å²) in [7, 11) is 0. The van der Waals surface area contributed by atoms with Gasteiger partial charge in [-0.15, -0.1) is 0 Å². The monoisotopic (exact) mass is 244 g/mol. The summed E-state index contributed by atoms with van der Waals surface area (Å²) in [6.45, 7) is 5.81. The van der Waals surface area contributed by atoms with E-state index in [2.05, 4.69) is 10.6 Å². The van der Waals surface area contributed by atoms with E-state index in [9.17, 15) is 8.78 Å². The van der Waals surface area contributed by atoms with Gasteiger partial charge in [-0.3, -0.25) is 0 Å². The standard InChI is InChI=1S/C11H14F2N2S/c1-11(2,3)15-10(16)14-9-5-7(12)4-8(13)6-9/h4-6H,1-3H3,(H2,14,15,16). The Kier molecular flexibility index (Phi) is 3.80. The highest BCUT2D eigenvalue weighted by Gasteiger charge is 2.11. The molecule has 0 saturated carbocycles. The van der Waals surface area contributed by atoms with Crippen LogP contribution in [0.5, 0.6) is 0 Å². The molecule has 1 aromatic carbocycles. The Morgan fingerprint density at radius 1 is 1.12 bits per heavy atom. The van der Waals surface area contributed by atoms with Gasteiger partial charge in [0.25, 0.3) is 0 Å². The van der Waals surface area contributed by atoms with Crippen LogP contribution in [0.1, 0.15) is 20.8 Å². The molecule has 5 heteroatoms. The minimum atomic E-state index is -0.638. The molecule has 0 saturated heterocycles. The number of thiocarbonyl (C=S) groups is 1. The smallest absolute Gasteiger partial charge is 0.171 e. The normalized spacial score (nSPS) is 11.1. The summed E-state index contributed by atoms with van der Waals surface area (Å²) in [6.07, 6.45) is 0. The Morgan fingerprint density at radius 2 is 1.62 bits per heavy atom. The highest BCUT2D eigenvalue weighted by atomic mass is 32.1. The predicted octanol–water partition coefficient (Wildman–Crippen LogP) is 3.05. The first-order valence-corrected chi connectivity index (χ1v) is 5.22. The molecule has 0 aliphatic carbocycles. The van der Waals surface area contributed by atoms with E-state index in [1.165, 1.54) is 12.1 Å². The molecule has 2 nitrogen and oxygen atoms in total. The van der Waals surface area contributed by atoms with Crippen LogP contribution >= 0.6 is 12.2 Å². The zero-order valence-electron chi connectivity index (χ0n) is 9.40. The lowest BCUT2D eigenvalue weighted by atomic mass is 10.1. The van der Waals surface area contributed by atoms with Crippen LogP contribution in [0.25, 0.3) is 0 Å². The van der Waals surface area contributed by atoms with Crippen molar-refractivity contribution >= 4 is 23.0 Å². The number of benzene rings is 1. The number of halogens is 2. The molecule has 1 aromatic rings. The summed E-state index contributed by atoms with van der Waals surface area (Å²) in [4.78, 5) is 0. The molecule has 0 aromatic heterocycles. The summed E-state index contributed by atoms with van der Waals surface area (Å²) < 4.78 is 25.7. The second-order valence-electron chi connectivity index (χ2n) is 4.49. The van der Waals surface area contributed by atoms with Crippen LogP contribution in [0.15, 0.2) is 18.2 Å². The SMILES string of the molecule is CC(C)(C)NC(=S)Nc1cc(F)cc(F)c1. The fourth-order valence-electron chi connectivity index (χ4n) is 1.13. The van der Waals surface area contributed by atoms with E-state index < -0.39 is 11.6 Å². The fourth-order valence-corrected chi connectivity index (χ4v) is 1.55. The Bertz CT molecular complexity index is 379. The maximum atomic E-state index is 12.9. The van der Waals surface area contributed by atoms with Crippen LogP contribution < -0.4 is 10.6 Å². The van der Waals surface area contributed by atoms with Crippen LogP contribution in [0.4, 0.5) is 14.5 Å². The molecule has 0 amide bonds. The summed E-state index contributed by atoms with van der Waals surface area (Å²) in [6, 6.07) is 3.17. The maximum Gasteiger partial charge on any atom is 0.171 e. The quantitative estimate of drug-likeness (QED) is 0.742. The van der Waals surface area contributed by atoms with Crippen molar-refractivity contribution in [1.29, 1.82) is 0 Å². The number of rotatable bonds is 1. The van der Waals surface area contributed by atoms with Crippen molar-refractivity contribution in [3.05, 3.63) is 29.8 Å². The molecule has 0 heterocycles. The van der Waals surface area contributed by atoms with Gasteiger partial charge in [-0.05, 0) is 45.1 Å². The molecule has 0 atom stereocenters. The van der Waals surface area contributed by atoms with Gasteiger partial charge in [0.2, 0.25) is 0 Å². The third-order valence-electron chi connectivity index (χ3n) is 1.61. The minimum Gasteiger partial charge on any atom is -0.358 e. The first kappa shape index (κ1) is 12.8. The largest absolute Gasteiger partial charge is 0.358 e. The lowest BCUT2D eigenvalue weighted by Crippen LogP contribution is -2.42. The third kappa shape index (κ3) is 4.53. The molecule has 0 spiro atoms. The van der Waals surface area contributed by atoms with Gasteiger partial charge in [0.15, 0.2) is 5.11 Å². The first-order chi connectivity index (χ1) is 7.26. The average Bonchev–Trinajstić information content (AvgIpc) is 1.96. The van der Waals surface area contributed by atoms with Gasteiger partial charge in [-0.2, -0.15) is 0 Å². The third-order valence-corrected chi connectivity index (χ3v) is 1.81. The fraction of sp³-hybridized carbons (Fsp3) is 0.364. The van der Waals surface area contributed by atoms with Gasteiger partial charge >= 0.3 is 0 Å². The number of hydrogen-bond acceptors (Lipinski definition) is 1. The molecule has 0 fully saturated rings. The molecule has 16 heavy (non-hydrogen) atoms. The molecule has 1 rings (SSSR count). The highest BCUT2D eigenvalue weighted by Crippen LogP contribution is 2.13. The minimum absolute atomic E-state index is 0.198. The first-order valence-electron chi connectivity index (χ1n) is 4.81. The number of nitrogens with one attached hydrogen (secondary N) is 2. The number of anilines is 1. The molecular weight excluding hydrogens is 230 g/mol. The summed E-state index contributed by atoms with van der Waals surface area (Å²) >= 11 is 5.00. The molecule has 2 N–H and O–H groups in total. The van der Waals surface area contributed by atoms with E-state index in [1.54, 1.807) is 0 Å². The maximum absolute atomic E-state index is 12.9. The zero-order chi connectivity index (χ0) is 12.3. The predicted molar refractivity (Wildman–Crippen MR) is 65.5 cm³/mol. The summed E-state index contributed by atoms with van der Waals surface area (Å²) in [5.41, 5.74) is 0.0925. The number of hydrogen-bond donors (Lipinski definition) is 2. The van der Waals surface area contributed by atoms with Crippen LogP contribution in [-0.4, -0.2) is 10.7 Å². The van der Waals surface area contributed by atoms with Crippen LogP contribution in [0, 0.1) is 11.6 Å². The van der Waals surface area contributed by atoms with Crippen molar-refractivity contribution in [3.63, 3.8) is 0 Å². The van der Waals surface area contributed by atoms with E-state index in [1.807, 2.05) is 20.8 Å². The van der Waals surface area contributed by atoms with Crippen molar-refractivity contribution in [2.75, 3.05) is 5.32 Å². The molecule has 0 aliphatic heterocycles. The van der Waals surface area contributed by atoms with Crippen LogP contribution in [0.2, 0.25) is 0 Å².